The van der Waals surface area contributed by atoms with Crippen molar-refractivity contribution in [1.29, 1.82) is 0 Å². The van der Waals surface area contributed by atoms with E-state index in [0.717, 1.165) is 0 Å². The second kappa shape index (κ2) is 13.2. The Bertz CT molecular complexity index is 1460. The van der Waals surface area contributed by atoms with Crippen molar-refractivity contribution in [3.05, 3.63) is 88.9 Å². The second-order valence-corrected chi connectivity index (χ2v) is 9.76. The third kappa shape index (κ3) is 7.00. The molecule has 212 valence electrons. The standard InChI is InChI=1S/C29H27ClN4O6S/c1-3-15-40-28(38)18-7-11-21(12-8-18)31-25(35)17-24-27(37)33(22-13-9-20(30)10-14-22)29(41)34(24)32-26(36)19-5-4-6-23(16-19)39-2/h4-14,16,24H,3,15,17H2,1-2H3,(H,31,35)(H,32,36). The van der Waals surface area contributed by atoms with Crippen LogP contribution < -0.4 is 20.4 Å². The summed E-state index contributed by atoms with van der Waals surface area (Å²) in [5.74, 6) is -1.55. The number of esters is 1. The molecule has 3 aromatic carbocycles. The van der Waals surface area contributed by atoms with Crippen molar-refractivity contribution in [1.82, 2.24) is 10.4 Å². The summed E-state index contributed by atoms with van der Waals surface area (Å²) in [5, 5.41) is 4.38. The lowest BCUT2D eigenvalue weighted by Crippen LogP contribution is -2.49. The van der Waals surface area contributed by atoms with E-state index >= 15 is 0 Å². The molecule has 3 aromatic rings. The van der Waals surface area contributed by atoms with Gasteiger partial charge in [-0.25, -0.2) is 9.80 Å². The van der Waals surface area contributed by atoms with Gasteiger partial charge in [-0.15, -0.1) is 0 Å². The maximum atomic E-state index is 13.6. The number of nitrogens with one attached hydrogen (secondary N) is 2. The number of anilines is 2. The molecule has 0 aromatic heterocycles. The molecule has 2 N–H and O–H groups in total. The van der Waals surface area contributed by atoms with Gasteiger partial charge in [0.2, 0.25) is 11.0 Å². The molecular weight excluding hydrogens is 568 g/mol. The largest absolute Gasteiger partial charge is 0.497 e. The minimum absolute atomic E-state index is 0.0127. The number of benzene rings is 3. The van der Waals surface area contributed by atoms with Gasteiger partial charge in [-0.05, 0) is 85.4 Å². The lowest BCUT2D eigenvalue weighted by Gasteiger charge is -2.24. The Morgan fingerprint density at radius 2 is 1.71 bits per heavy atom. The maximum absolute atomic E-state index is 13.6. The van der Waals surface area contributed by atoms with Gasteiger partial charge in [0.05, 0.1) is 31.4 Å². The first-order chi connectivity index (χ1) is 19.7. The summed E-state index contributed by atoms with van der Waals surface area (Å²) in [7, 11) is 1.48. The van der Waals surface area contributed by atoms with Gasteiger partial charge < -0.3 is 14.8 Å². The van der Waals surface area contributed by atoms with E-state index in [0.29, 0.717) is 40.7 Å². The zero-order valence-corrected chi connectivity index (χ0v) is 23.8. The van der Waals surface area contributed by atoms with Crippen LogP contribution in [0, 0.1) is 0 Å². The van der Waals surface area contributed by atoms with Crippen LogP contribution in [0.5, 0.6) is 5.75 Å². The number of carbonyl (C=O) groups is 4. The number of hydrogen-bond acceptors (Lipinski definition) is 7. The molecular formula is C29H27ClN4O6S. The van der Waals surface area contributed by atoms with Crippen molar-refractivity contribution in [2.24, 2.45) is 0 Å². The Morgan fingerprint density at radius 3 is 2.37 bits per heavy atom. The summed E-state index contributed by atoms with van der Waals surface area (Å²) < 4.78 is 10.3. The van der Waals surface area contributed by atoms with Gasteiger partial charge >= 0.3 is 5.97 Å². The van der Waals surface area contributed by atoms with Gasteiger partial charge in [0.25, 0.3) is 11.8 Å². The molecule has 4 rings (SSSR count). The highest BCUT2D eigenvalue weighted by molar-refractivity contribution is 7.80. The molecule has 0 spiro atoms. The molecule has 0 aliphatic carbocycles. The molecule has 10 nitrogen and oxygen atoms in total. The first-order valence-corrected chi connectivity index (χ1v) is 13.4. The number of carbonyl (C=O) groups excluding carboxylic acids is 4. The van der Waals surface area contributed by atoms with Crippen LogP contribution in [0.3, 0.4) is 0 Å². The van der Waals surface area contributed by atoms with E-state index < -0.39 is 29.7 Å². The minimum Gasteiger partial charge on any atom is -0.497 e. The van der Waals surface area contributed by atoms with Gasteiger partial charge in [0, 0.05) is 16.3 Å². The lowest BCUT2D eigenvalue weighted by molar-refractivity contribution is -0.124. The summed E-state index contributed by atoms with van der Waals surface area (Å²) in [6.45, 7) is 2.21. The van der Waals surface area contributed by atoms with Crippen molar-refractivity contribution < 1.29 is 28.7 Å². The topological polar surface area (TPSA) is 117 Å². The summed E-state index contributed by atoms with van der Waals surface area (Å²) in [4.78, 5) is 53.1. The van der Waals surface area contributed by atoms with Crippen molar-refractivity contribution in [2.45, 2.75) is 25.8 Å². The van der Waals surface area contributed by atoms with E-state index in [-0.39, 0.29) is 17.1 Å². The molecule has 1 heterocycles. The Kier molecular flexibility index (Phi) is 9.53. The van der Waals surface area contributed by atoms with Crippen molar-refractivity contribution in [3.63, 3.8) is 0 Å². The molecule has 1 aliphatic heterocycles. The average Bonchev–Trinajstić information content (AvgIpc) is 3.20. The molecule has 1 fully saturated rings. The number of halogens is 1. The fourth-order valence-corrected chi connectivity index (χ4v) is 4.51. The van der Waals surface area contributed by atoms with Gasteiger partial charge in [-0.2, -0.15) is 0 Å². The zero-order valence-electron chi connectivity index (χ0n) is 22.3. The highest BCUT2D eigenvalue weighted by atomic mass is 35.5. The molecule has 0 saturated carbocycles. The van der Waals surface area contributed by atoms with E-state index in [1.807, 2.05) is 6.92 Å². The molecule has 41 heavy (non-hydrogen) atoms. The van der Waals surface area contributed by atoms with Crippen LogP contribution >= 0.6 is 23.8 Å². The van der Waals surface area contributed by atoms with Gasteiger partial charge in [-0.1, -0.05) is 24.6 Å². The first kappa shape index (κ1) is 29.5. The smallest absolute Gasteiger partial charge is 0.338 e. The van der Waals surface area contributed by atoms with E-state index in [1.165, 1.54) is 35.2 Å². The van der Waals surface area contributed by atoms with Crippen molar-refractivity contribution >= 4 is 64.0 Å². The second-order valence-electron chi connectivity index (χ2n) is 8.96. The summed E-state index contributed by atoms with van der Waals surface area (Å²) in [6.07, 6.45) is 0.372. The number of ether oxygens (including phenoxy) is 2. The molecule has 3 amide bonds. The third-order valence-electron chi connectivity index (χ3n) is 6.07. The van der Waals surface area contributed by atoms with Crippen molar-refractivity contribution in [3.8, 4) is 5.75 Å². The number of thiocarbonyl (C=S) groups is 1. The number of methoxy groups -OCH3 is 1. The molecule has 12 heteroatoms. The maximum Gasteiger partial charge on any atom is 0.338 e. The van der Waals surface area contributed by atoms with Crippen LogP contribution in [0.25, 0.3) is 0 Å². The monoisotopic (exact) mass is 594 g/mol. The van der Waals surface area contributed by atoms with E-state index in [4.69, 9.17) is 33.3 Å². The van der Waals surface area contributed by atoms with Crippen molar-refractivity contribution in [2.75, 3.05) is 23.9 Å². The fraction of sp³-hybridized carbons (Fsp3) is 0.207. The van der Waals surface area contributed by atoms with E-state index in [9.17, 15) is 19.2 Å². The average molecular weight is 595 g/mol. The van der Waals surface area contributed by atoms with Crippen LogP contribution in [-0.2, 0) is 14.3 Å². The normalized spacial score (nSPS) is 14.6. The zero-order chi connectivity index (χ0) is 29.5. The highest BCUT2D eigenvalue weighted by Gasteiger charge is 2.45. The SMILES string of the molecule is CCCOC(=O)c1ccc(NC(=O)CC2C(=O)N(c3ccc(Cl)cc3)C(=S)N2NC(=O)c2cccc(OC)c2)cc1. The quantitative estimate of drug-likeness (QED) is 0.259. The molecule has 0 bridgehead atoms. The summed E-state index contributed by atoms with van der Waals surface area (Å²) in [5.41, 5.74) is 4.13. The number of hydrogen-bond donors (Lipinski definition) is 2. The van der Waals surface area contributed by atoms with Crippen LogP contribution in [0.4, 0.5) is 11.4 Å². The van der Waals surface area contributed by atoms with Gasteiger partial charge in [0.1, 0.15) is 11.8 Å². The van der Waals surface area contributed by atoms with Crippen LogP contribution in [0.2, 0.25) is 5.02 Å². The predicted molar refractivity (Wildman–Crippen MR) is 158 cm³/mol. The molecule has 1 atom stereocenters. The lowest BCUT2D eigenvalue weighted by atomic mass is 10.1. The van der Waals surface area contributed by atoms with Gasteiger partial charge in [-0.3, -0.25) is 24.7 Å². The number of hydrazine groups is 1. The Labute approximate surface area is 247 Å². The van der Waals surface area contributed by atoms with Crippen LogP contribution in [0.15, 0.2) is 72.8 Å². The number of rotatable bonds is 10. The van der Waals surface area contributed by atoms with Crippen LogP contribution in [0.1, 0.15) is 40.5 Å². The Balaban J connectivity index is 1.53. The Hall–Kier alpha value is -4.48. The Morgan fingerprint density at radius 1 is 1.00 bits per heavy atom. The first-order valence-electron chi connectivity index (χ1n) is 12.7. The van der Waals surface area contributed by atoms with Crippen LogP contribution in [-0.4, -0.2) is 53.6 Å². The fourth-order valence-electron chi connectivity index (χ4n) is 4.02. The molecule has 1 aliphatic rings. The number of nitrogens with zero attached hydrogens (tertiary/aromatic N) is 2. The minimum atomic E-state index is -1.14. The summed E-state index contributed by atoms with van der Waals surface area (Å²) in [6, 6.07) is 18.0. The third-order valence-corrected chi connectivity index (χ3v) is 6.70. The van der Waals surface area contributed by atoms with E-state index in [1.54, 1.807) is 54.6 Å². The predicted octanol–water partition coefficient (Wildman–Crippen LogP) is 4.59. The highest BCUT2D eigenvalue weighted by Crippen LogP contribution is 2.28. The molecule has 1 unspecified atom stereocenters. The summed E-state index contributed by atoms with van der Waals surface area (Å²) >= 11 is 11.6. The molecule has 1 saturated heterocycles. The number of amides is 3. The molecule has 0 radical (unpaired) electrons. The van der Waals surface area contributed by atoms with E-state index in [2.05, 4.69) is 10.7 Å². The van der Waals surface area contributed by atoms with Gasteiger partial charge in [0.15, 0.2) is 0 Å².